The van der Waals surface area contributed by atoms with E-state index >= 15 is 0 Å². The van der Waals surface area contributed by atoms with Crippen LogP contribution in [0.3, 0.4) is 0 Å². The number of imidazole rings is 1. The Bertz CT molecular complexity index is 276. The molecule has 0 aliphatic rings. The fourth-order valence-corrected chi connectivity index (χ4v) is 1.60. The Morgan fingerprint density at radius 3 is 2.75 bits per heavy atom. The molecule has 1 rings (SSSR count). The number of nitrogens with zero attached hydrogens (tertiary/aromatic N) is 2. The zero-order valence-corrected chi connectivity index (χ0v) is 8.56. The molecule has 12 heavy (non-hydrogen) atoms. The average molecular weight is 182 g/mol. The van der Waals surface area contributed by atoms with Crippen molar-refractivity contribution in [3.63, 3.8) is 0 Å². The van der Waals surface area contributed by atoms with E-state index in [0.717, 1.165) is 5.16 Å². The van der Waals surface area contributed by atoms with Gasteiger partial charge in [-0.2, -0.15) is 0 Å². The summed E-state index contributed by atoms with van der Waals surface area (Å²) in [4.78, 5) is 4.23. The first-order valence-corrected chi connectivity index (χ1v) is 4.67. The van der Waals surface area contributed by atoms with Gasteiger partial charge in [0.15, 0.2) is 5.16 Å². The highest BCUT2D eigenvalue weighted by Crippen LogP contribution is 2.31. The zero-order valence-electron chi connectivity index (χ0n) is 7.74. The molecule has 66 valence electrons. The van der Waals surface area contributed by atoms with Crippen LogP contribution in [0.25, 0.3) is 0 Å². The van der Waals surface area contributed by atoms with Crippen LogP contribution in [-0.2, 0) is 7.05 Å². The van der Waals surface area contributed by atoms with Crippen LogP contribution in [-0.4, -0.2) is 14.3 Å². The van der Waals surface area contributed by atoms with Crippen LogP contribution in [0.5, 0.6) is 0 Å². The largest absolute Gasteiger partial charge is 0.329 e. The summed E-state index contributed by atoms with van der Waals surface area (Å²) in [6.07, 6.45) is 5.69. The molecular formula is C9H14N2S. The van der Waals surface area contributed by atoms with Crippen LogP contribution in [0.15, 0.2) is 30.2 Å². The van der Waals surface area contributed by atoms with E-state index in [0.29, 0.717) is 0 Å². The van der Waals surface area contributed by atoms with Crippen LogP contribution in [0.2, 0.25) is 0 Å². The van der Waals surface area contributed by atoms with Crippen molar-refractivity contribution in [2.75, 3.05) is 0 Å². The van der Waals surface area contributed by atoms with E-state index in [4.69, 9.17) is 0 Å². The first-order valence-electron chi connectivity index (χ1n) is 3.85. The maximum atomic E-state index is 4.23. The Balaban J connectivity index is 2.76. The molecule has 0 N–H and O–H groups in total. The summed E-state index contributed by atoms with van der Waals surface area (Å²) >= 11 is 1.71. The van der Waals surface area contributed by atoms with Gasteiger partial charge in [0.1, 0.15) is 0 Å². The first kappa shape index (κ1) is 9.39. The lowest BCUT2D eigenvalue weighted by atomic mass is 10.2. The SMILES string of the molecule is C=CC(C)(C)Sc1nccn1C. The highest BCUT2D eigenvalue weighted by Gasteiger charge is 2.16. The Morgan fingerprint density at radius 2 is 2.33 bits per heavy atom. The third-order valence-electron chi connectivity index (χ3n) is 1.62. The second-order valence-electron chi connectivity index (χ2n) is 3.23. The minimum atomic E-state index is 0.0547. The van der Waals surface area contributed by atoms with Crippen LogP contribution < -0.4 is 0 Å². The van der Waals surface area contributed by atoms with Gasteiger partial charge in [0.05, 0.1) is 0 Å². The summed E-state index contributed by atoms with van der Waals surface area (Å²) in [6.45, 7) is 8.03. The molecule has 0 aliphatic carbocycles. The highest BCUT2D eigenvalue weighted by molar-refractivity contribution is 8.00. The molecule has 0 saturated heterocycles. The van der Waals surface area contributed by atoms with Crippen molar-refractivity contribution in [3.8, 4) is 0 Å². The van der Waals surface area contributed by atoms with Crippen molar-refractivity contribution in [2.45, 2.75) is 23.8 Å². The molecule has 3 heteroatoms. The molecule has 0 aliphatic heterocycles. The summed E-state index contributed by atoms with van der Waals surface area (Å²) < 4.78 is 2.06. The fraction of sp³-hybridized carbons (Fsp3) is 0.444. The molecule has 2 nitrogen and oxygen atoms in total. The fourth-order valence-electron chi connectivity index (χ4n) is 0.727. The van der Waals surface area contributed by atoms with E-state index in [1.165, 1.54) is 0 Å². The van der Waals surface area contributed by atoms with E-state index in [-0.39, 0.29) is 4.75 Å². The summed E-state index contributed by atoms with van der Waals surface area (Å²) in [5, 5.41) is 1.03. The molecule has 0 spiro atoms. The molecule has 0 amide bonds. The molecule has 0 aromatic carbocycles. The summed E-state index contributed by atoms with van der Waals surface area (Å²) in [6, 6.07) is 0. The minimum Gasteiger partial charge on any atom is -0.329 e. The monoisotopic (exact) mass is 182 g/mol. The highest BCUT2D eigenvalue weighted by atomic mass is 32.2. The summed E-state index contributed by atoms with van der Waals surface area (Å²) in [5.41, 5.74) is 0. The van der Waals surface area contributed by atoms with Gasteiger partial charge in [-0.15, -0.1) is 6.58 Å². The smallest absolute Gasteiger partial charge is 0.168 e. The molecule has 0 atom stereocenters. The maximum absolute atomic E-state index is 4.23. The van der Waals surface area contributed by atoms with Crippen molar-refractivity contribution in [2.24, 2.45) is 7.05 Å². The van der Waals surface area contributed by atoms with Crippen LogP contribution in [0.4, 0.5) is 0 Å². The number of aryl methyl sites for hydroxylation is 1. The predicted octanol–water partition coefficient (Wildman–Crippen LogP) is 2.48. The Morgan fingerprint density at radius 1 is 1.67 bits per heavy atom. The molecule has 1 aromatic rings. The quantitative estimate of drug-likeness (QED) is 0.528. The van der Waals surface area contributed by atoms with Crippen molar-refractivity contribution < 1.29 is 0 Å². The van der Waals surface area contributed by atoms with Gasteiger partial charge in [0.2, 0.25) is 0 Å². The van der Waals surface area contributed by atoms with Gasteiger partial charge in [-0.25, -0.2) is 4.98 Å². The minimum absolute atomic E-state index is 0.0547. The van der Waals surface area contributed by atoms with E-state index < -0.39 is 0 Å². The molecule has 1 aromatic heterocycles. The van der Waals surface area contributed by atoms with Gasteiger partial charge in [-0.05, 0) is 13.8 Å². The standard InChI is InChI=1S/C9H14N2S/c1-5-9(2,3)12-8-10-6-7-11(8)4/h5-7H,1H2,2-4H3. The molecular weight excluding hydrogens is 168 g/mol. The second-order valence-corrected chi connectivity index (χ2v) is 4.85. The summed E-state index contributed by atoms with van der Waals surface area (Å²) in [7, 11) is 1.99. The van der Waals surface area contributed by atoms with Crippen molar-refractivity contribution in [1.82, 2.24) is 9.55 Å². The van der Waals surface area contributed by atoms with Crippen molar-refractivity contribution in [3.05, 3.63) is 25.0 Å². The van der Waals surface area contributed by atoms with Gasteiger partial charge in [0.25, 0.3) is 0 Å². The Labute approximate surface area is 77.7 Å². The lowest BCUT2D eigenvalue weighted by molar-refractivity contribution is 0.776. The molecule has 0 unspecified atom stereocenters. The lowest BCUT2D eigenvalue weighted by Crippen LogP contribution is -2.10. The van der Waals surface area contributed by atoms with Crippen LogP contribution in [0.1, 0.15) is 13.8 Å². The molecule has 0 saturated carbocycles. The molecule has 1 heterocycles. The van der Waals surface area contributed by atoms with Crippen LogP contribution in [0, 0.1) is 0 Å². The molecule has 0 fully saturated rings. The van der Waals surface area contributed by atoms with Crippen molar-refractivity contribution >= 4 is 11.8 Å². The zero-order chi connectivity index (χ0) is 9.19. The Hall–Kier alpha value is -0.700. The number of rotatable bonds is 3. The maximum Gasteiger partial charge on any atom is 0.168 e. The Kier molecular flexibility index (Phi) is 2.62. The topological polar surface area (TPSA) is 17.8 Å². The predicted molar refractivity (Wildman–Crippen MR) is 53.3 cm³/mol. The van der Waals surface area contributed by atoms with E-state index in [2.05, 4.69) is 25.4 Å². The number of thioether (sulfide) groups is 1. The molecule has 0 bridgehead atoms. The summed E-state index contributed by atoms with van der Waals surface area (Å²) in [5.74, 6) is 0. The third-order valence-corrected chi connectivity index (χ3v) is 2.89. The van der Waals surface area contributed by atoms with E-state index in [1.807, 2.05) is 30.1 Å². The normalized spacial score (nSPS) is 11.6. The van der Waals surface area contributed by atoms with Gasteiger partial charge >= 0.3 is 0 Å². The van der Waals surface area contributed by atoms with E-state index in [9.17, 15) is 0 Å². The third kappa shape index (κ3) is 2.14. The van der Waals surface area contributed by atoms with Crippen molar-refractivity contribution in [1.29, 1.82) is 0 Å². The van der Waals surface area contributed by atoms with Gasteiger partial charge in [0, 0.05) is 24.2 Å². The number of hydrogen-bond acceptors (Lipinski definition) is 2. The number of aromatic nitrogens is 2. The number of hydrogen-bond donors (Lipinski definition) is 0. The van der Waals surface area contributed by atoms with Crippen LogP contribution >= 0.6 is 11.8 Å². The van der Waals surface area contributed by atoms with Gasteiger partial charge < -0.3 is 4.57 Å². The average Bonchev–Trinajstić information content (AvgIpc) is 2.36. The second kappa shape index (κ2) is 3.35. The lowest BCUT2D eigenvalue weighted by Gasteiger charge is -2.17. The first-order chi connectivity index (χ1) is 5.55. The van der Waals surface area contributed by atoms with E-state index in [1.54, 1.807) is 11.8 Å². The molecule has 0 radical (unpaired) electrons. The van der Waals surface area contributed by atoms with Gasteiger partial charge in [-0.1, -0.05) is 17.8 Å². The van der Waals surface area contributed by atoms with Gasteiger partial charge in [-0.3, -0.25) is 0 Å².